The molecule has 1 aromatic heterocycles. The molecule has 1 N–H and O–H groups in total. The normalized spacial score (nSPS) is 12.5. The molecule has 1 unspecified atom stereocenters. The van der Waals surface area contributed by atoms with Crippen LogP contribution in [0.15, 0.2) is 15.8 Å². The molecule has 0 aromatic carbocycles. The highest BCUT2D eigenvalue weighted by molar-refractivity contribution is 5.93. The molecule has 0 aliphatic heterocycles. The van der Waals surface area contributed by atoms with Crippen LogP contribution in [0.1, 0.15) is 24.2 Å². The highest BCUT2D eigenvalue weighted by atomic mass is 16.3. The number of aliphatic hydroxyl groups excluding tert-OH is 1. The standard InChI is InChI=1S/C10H14N2O4/c1-6(13)4-12-5-8(7(2)14)9(15)11(3)10(12)16/h5-6,13H,4H2,1-3H3. The van der Waals surface area contributed by atoms with E-state index in [0.717, 1.165) is 9.13 Å². The van der Waals surface area contributed by atoms with E-state index in [9.17, 15) is 19.5 Å². The molecule has 0 fully saturated rings. The molecule has 88 valence electrons. The minimum absolute atomic E-state index is 0.0488. The summed E-state index contributed by atoms with van der Waals surface area (Å²) in [4.78, 5) is 34.3. The monoisotopic (exact) mass is 226 g/mol. The number of Topliss-reactive ketones (excluding diaryl/α,β-unsaturated/α-hetero) is 1. The van der Waals surface area contributed by atoms with E-state index in [1.54, 1.807) is 0 Å². The molecule has 6 heteroatoms. The second-order valence-corrected chi connectivity index (χ2v) is 3.75. The van der Waals surface area contributed by atoms with Crippen LogP contribution in [-0.4, -0.2) is 26.1 Å². The van der Waals surface area contributed by atoms with Gasteiger partial charge in [-0.1, -0.05) is 0 Å². The lowest BCUT2D eigenvalue weighted by Crippen LogP contribution is -2.41. The van der Waals surface area contributed by atoms with E-state index in [2.05, 4.69) is 0 Å². The Labute approximate surface area is 91.8 Å². The molecule has 0 radical (unpaired) electrons. The van der Waals surface area contributed by atoms with E-state index >= 15 is 0 Å². The average molecular weight is 226 g/mol. The number of aliphatic hydroxyl groups is 1. The molecule has 1 heterocycles. The van der Waals surface area contributed by atoms with Gasteiger partial charge in [0.1, 0.15) is 0 Å². The summed E-state index contributed by atoms with van der Waals surface area (Å²) in [5.41, 5.74) is -1.21. The first-order chi connectivity index (χ1) is 7.34. The largest absolute Gasteiger partial charge is 0.392 e. The molecule has 0 spiro atoms. The van der Waals surface area contributed by atoms with Crippen molar-refractivity contribution < 1.29 is 9.90 Å². The highest BCUT2D eigenvalue weighted by Gasteiger charge is 2.12. The Balaban J connectivity index is 3.48. The van der Waals surface area contributed by atoms with Crippen molar-refractivity contribution in [1.82, 2.24) is 9.13 Å². The van der Waals surface area contributed by atoms with Crippen molar-refractivity contribution in [2.24, 2.45) is 7.05 Å². The number of carbonyl (C=O) groups is 1. The maximum atomic E-state index is 11.6. The van der Waals surface area contributed by atoms with Crippen LogP contribution >= 0.6 is 0 Å². The summed E-state index contributed by atoms with van der Waals surface area (Å²) in [5, 5.41) is 9.19. The summed E-state index contributed by atoms with van der Waals surface area (Å²) < 4.78 is 2.02. The van der Waals surface area contributed by atoms with Gasteiger partial charge in [0.15, 0.2) is 5.78 Å². The second-order valence-electron chi connectivity index (χ2n) is 3.75. The van der Waals surface area contributed by atoms with Crippen LogP contribution in [0.3, 0.4) is 0 Å². The van der Waals surface area contributed by atoms with Gasteiger partial charge in [0, 0.05) is 13.2 Å². The van der Waals surface area contributed by atoms with Crippen molar-refractivity contribution in [3.8, 4) is 0 Å². The van der Waals surface area contributed by atoms with Gasteiger partial charge in [-0.15, -0.1) is 0 Å². The number of rotatable bonds is 3. The van der Waals surface area contributed by atoms with Gasteiger partial charge in [0.05, 0.1) is 18.2 Å². The Morgan fingerprint density at radius 1 is 1.50 bits per heavy atom. The quantitative estimate of drug-likeness (QED) is 0.679. The SMILES string of the molecule is CC(=O)c1cn(CC(C)O)c(=O)n(C)c1=O. The smallest absolute Gasteiger partial charge is 0.330 e. The zero-order valence-electron chi connectivity index (χ0n) is 9.43. The molecule has 1 rings (SSSR count). The minimum Gasteiger partial charge on any atom is -0.392 e. The van der Waals surface area contributed by atoms with Crippen LogP contribution in [0.25, 0.3) is 0 Å². The van der Waals surface area contributed by atoms with Gasteiger partial charge in [0.25, 0.3) is 5.56 Å². The van der Waals surface area contributed by atoms with Crippen molar-refractivity contribution in [3.05, 3.63) is 32.6 Å². The van der Waals surface area contributed by atoms with Crippen LogP contribution < -0.4 is 11.2 Å². The minimum atomic E-state index is -0.727. The summed E-state index contributed by atoms with van der Waals surface area (Å²) in [7, 11) is 1.30. The Bertz CT molecular complexity index is 525. The lowest BCUT2D eigenvalue weighted by atomic mass is 10.2. The molecule has 1 atom stereocenters. The maximum absolute atomic E-state index is 11.6. The number of hydrogen-bond acceptors (Lipinski definition) is 4. The molecular weight excluding hydrogens is 212 g/mol. The van der Waals surface area contributed by atoms with E-state index in [4.69, 9.17) is 0 Å². The fraction of sp³-hybridized carbons (Fsp3) is 0.500. The third-order valence-electron chi connectivity index (χ3n) is 2.19. The predicted octanol–water partition coefficient (Wildman–Crippen LogP) is -0.870. The lowest BCUT2D eigenvalue weighted by Gasteiger charge is -2.10. The van der Waals surface area contributed by atoms with Gasteiger partial charge in [-0.3, -0.25) is 18.7 Å². The van der Waals surface area contributed by atoms with Crippen LogP contribution in [0.5, 0.6) is 0 Å². The molecule has 0 aliphatic rings. The van der Waals surface area contributed by atoms with Gasteiger partial charge >= 0.3 is 5.69 Å². The van der Waals surface area contributed by atoms with E-state index in [0.29, 0.717) is 0 Å². The zero-order chi connectivity index (χ0) is 12.5. The van der Waals surface area contributed by atoms with Crippen molar-refractivity contribution in [2.45, 2.75) is 26.5 Å². The van der Waals surface area contributed by atoms with E-state index in [1.807, 2.05) is 0 Å². The summed E-state index contributed by atoms with van der Waals surface area (Å²) in [6, 6.07) is 0. The van der Waals surface area contributed by atoms with Crippen molar-refractivity contribution >= 4 is 5.78 Å². The number of hydrogen-bond donors (Lipinski definition) is 1. The first-order valence-electron chi connectivity index (χ1n) is 4.84. The molecule has 6 nitrogen and oxygen atoms in total. The number of ketones is 1. The number of carbonyl (C=O) groups excluding carboxylic acids is 1. The van der Waals surface area contributed by atoms with Crippen molar-refractivity contribution in [3.63, 3.8) is 0 Å². The molecule has 0 saturated carbocycles. The molecule has 1 aromatic rings. The zero-order valence-corrected chi connectivity index (χ0v) is 9.43. The first-order valence-corrected chi connectivity index (χ1v) is 4.84. The van der Waals surface area contributed by atoms with Gasteiger partial charge in [-0.25, -0.2) is 4.79 Å². The highest BCUT2D eigenvalue weighted by Crippen LogP contribution is 1.93. The third-order valence-corrected chi connectivity index (χ3v) is 2.19. The molecule has 16 heavy (non-hydrogen) atoms. The summed E-state index contributed by atoms with van der Waals surface area (Å²) in [6.07, 6.45) is 0.467. The van der Waals surface area contributed by atoms with E-state index < -0.39 is 23.1 Å². The predicted molar refractivity (Wildman–Crippen MR) is 57.6 cm³/mol. The maximum Gasteiger partial charge on any atom is 0.330 e. The summed E-state index contributed by atoms with van der Waals surface area (Å²) in [5.74, 6) is -0.403. The van der Waals surface area contributed by atoms with Crippen LogP contribution in [0.4, 0.5) is 0 Å². The third kappa shape index (κ3) is 2.27. The van der Waals surface area contributed by atoms with Gasteiger partial charge < -0.3 is 5.11 Å². The summed E-state index contributed by atoms with van der Waals surface area (Å²) >= 11 is 0. The molecule has 0 aliphatic carbocycles. The Morgan fingerprint density at radius 3 is 2.50 bits per heavy atom. The Kier molecular flexibility index (Phi) is 3.44. The van der Waals surface area contributed by atoms with E-state index in [1.165, 1.54) is 27.1 Å². The van der Waals surface area contributed by atoms with Gasteiger partial charge in [0.2, 0.25) is 0 Å². The first kappa shape index (κ1) is 12.4. The molecule has 0 saturated heterocycles. The molecule has 0 bridgehead atoms. The fourth-order valence-corrected chi connectivity index (χ4v) is 1.38. The number of aromatic nitrogens is 2. The van der Waals surface area contributed by atoms with Crippen LogP contribution in [-0.2, 0) is 13.6 Å². The second kappa shape index (κ2) is 4.44. The van der Waals surface area contributed by atoms with Crippen LogP contribution in [0.2, 0.25) is 0 Å². The number of nitrogens with zero attached hydrogens (tertiary/aromatic N) is 2. The Morgan fingerprint density at radius 2 is 2.06 bits per heavy atom. The van der Waals surface area contributed by atoms with Gasteiger partial charge in [-0.05, 0) is 13.8 Å². The molecule has 0 amide bonds. The van der Waals surface area contributed by atoms with Crippen LogP contribution in [0, 0.1) is 0 Å². The molecular formula is C10H14N2O4. The summed E-state index contributed by atoms with van der Waals surface area (Å²) in [6.45, 7) is 2.83. The lowest BCUT2D eigenvalue weighted by molar-refractivity contribution is 0.101. The fourth-order valence-electron chi connectivity index (χ4n) is 1.38. The van der Waals surface area contributed by atoms with Crippen molar-refractivity contribution in [1.29, 1.82) is 0 Å². The topological polar surface area (TPSA) is 81.3 Å². The van der Waals surface area contributed by atoms with Crippen molar-refractivity contribution in [2.75, 3.05) is 0 Å². The van der Waals surface area contributed by atoms with E-state index in [-0.39, 0.29) is 12.1 Å². The van der Waals surface area contributed by atoms with Gasteiger partial charge in [-0.2, -0.15) is 0 Å². The average Bonchev–Trinajstić information content (AvgIpc) is 2.18. The Hall–Kier alpha value is -1.69.